The number of carbonyl (C=O) groups is 1. The summed E-state index contributed by atoms with van der Waals surface area (Å²) in [5, 5.41) is 3.39. The number of nitrogens with two attached hydrogens (primary N) is 1. The Bertz CT molecular complexity index is 735. The molecule has 4 nitrogen and oxygen atoms in total. The summed E-state index contributed by atoms with van der Waals surface area (Å²) >= 11 is 5.02. The van der Waals surface area contributed by atoms with Crippen LogP contribution in [0.5, 0.6) is 0 Å². The van der Waals surface area contributed by atoms with E-state index in [1.54, 1.807) is 0 Å². The molecular formula is C18H23BrN2O2S. The molecule has 1 heterocycles. The van der Waals surface area contributed by atoms with E-state index in [1.807, 2.05) is 18.2 Å². The van der Waals surface area contributed by atoms with E-state index in [2.05, 4.69) is 48.1 Å². The zero-order chi connectivity index (χ0) is 17.9. The smallest absolute Gasteiger partial charge is 0.348 e. The summed E-state index contributed by atoms with van der Waals surface area (Å²) in [5.41, 5.74) is 8.75. The first-order chi connectivity index (χ1) is 11.3. The van der Waals surface area contributed by atoms with Gasteiger partial charge in [-0.25, -0.2) is 4.79 Å². The summed E-state index contributed by atoms with van der Waals surface area (Å²) in [6, 6.07) is 8.00. The minimum atomic E-state index is -0.291. The first-order valence-electron chi connectivity index (χ1n) is 7.70. The highest BCUT2D eigenvalue weighted by atomic mass is 79.9. The molecule has 2 rings (SSSR count). The molecule has 1 aromatic carbocycles. The Labute approximate surface area is 155 Å². The maximum absolute atomic E-state index is 12.1. The normalized spacial score (nSPS) is 11.4. The van der Waals surface area contributed by atoms with E-state index in [1.165, 1.54) is 18.4 Å². The lowest BCUT2D eigenvalue weighted by Gasteiger charge is -2.15. The quantitative estimate of drug-likeness (QED) is 0.703. The third-order valence-electron chi connectivity index (χ3n) is 3.71. The van der Waals surface area contributed by atoms with Gasteiger partial charge in [0.25, 0.3) is 0 Å². The van der Waals surface area contributed by atoms with Crippen molar-refractivity contribution < 1.29 is 9.53 Å². The van der Waals surface area contributed by atoms with E-state index in [4.69, 9.17) is 10.5 Å². The third kappa shape index (κ3) is 4.18. The van der Waals surface area contributed by atoms with Crippen LogP contribution in [0.2, 0.25) is 0 Å². The number of thiophene rings is 1. The Morgan fingerprint density at radius 3 is 2.67 bits per heavy atom. The molecule has 2 aromatic rings. The molecule has 3 N–H and O–H groups in total. The minimum absolute atomic E-state index is 0.0100. The first kappa shape index (κ1) is 19.0. The molecule has 0 radical (unpaired) electrons. The van der Waals surface area contributed by atoms with Gasteiger partial charge >= 0.3 is 5.97 Å². The average molecular weight is 411 g/mol. The highest BCUT2D eigenvalue weighted by molar-refractivity contribution is 9.10. The second-order valence-corrected chi connectivity index (χ2v) is 8.44. The highest BCUT2D eigenvalue weighted by Gasteiger charge is 2.23. The van der Waals surface area contributed by atoms with Crippen LogP contribution in [-0.4, -0.2) is 13.1 Å². The largest absolute Gasteiger partial charge is 0.465 e. The fourth-order valence-corrected chi connectivity index (χ4v) is 4.00. The molecule has 0 fully saturated rings. The number of hydrogen-bond acceptors (Lipinski definition) is 5. The van der Waals surface area contributed by atoms with Crippen molar-refractivity contribution in [1.29, 1.82) is 0 Å². The van der Waals surface area contributed by atoms with Crippen molar-refractivity contribution in [2.75, 3.05) is 12.4 Å². The molecular weight excluding hydrogens is 388 g/mol. The molecule has 0 unspecified atom stereocenters. The third-order valence-corrected chi connectivity index (χ3v) is 6.04. The van der Waals surface area contributed by atoms with Crippen LogP contribution in [0, 0.1) is 0 Å². The van der Waals surface area contributed by atoms with Crippen LogP contribution < -0.4 is 11.1 Å². The molecule has 0 aliphatic carbocycles. The molecule has 0 spiro atoms. The number of nitrogens with one attached hydrogen (secondary N) is 1. The maximum Gasteiger partial charge on any atom is 0.348 e. The van der Waals surface area contributed by atoms with Crippen LogP contribution in [0.1, 0.15) is 46.4 Å². The molecule has 1 aromatic heterocycles. The summed E-state index contributed by atoms with van der Waals surface area (Å²) in [7, 11) is 1.41. The number of rotatable bonds is 5. The zero-order valence-electron chi connectivity index (χ0n) is 14.4. The van der Waals surface area contributed by atoms with Crippen molar-refractivity contribution in [2.24, 2.45) is 5.73 Å². The molecule has 6 heteroatoms. The Morgan fingerprint density at radius 2 is 2.08 bits per heavy atom. The van der Waals surface area contributed by atoms with Gasteiger partial charge in [-0.2, -0.15) is 0 Å². The fraction of sp³-hybridized carbons (Fsp3) is 0.389. The van der Waals surface area contributed by atoms with Gasteiger partial charge in [-0.05, 0) is 29.2 Å². The summed E-state index contributed by atoms with van der Waals surface area (Å²) < 4.78 is 5.91. The van der Waals surface area contributed by atoms with Crippen LogP contribution in [0.15, 0.2) is 28.7 Å². The number of benzene rings is 1. The Kier molecular flexibility index (Phi) is 6.06. The minimum Gasteiger partial charge on any atom is -0.465 e. The van der Waals surface area contributed by atoms with Gasteiger partial charge in [0.05, 0.1) is 7.11 Å². The van der Waals surface area contributed by atoms with Crippen LogP contribution in [0.4, 0.5) is 5.69 Å². The lowest BCUT2D eigenvalue weighted by molar-refractivity contribution is 0.0605. The van der Waals surface area contributed by atoms with Gasteiger partial charge in [0.2, 0.25) is 0 Å². The lowest BCUT2D eigenvalue weighted by Crippen LogP contribution is -2.09. The molecule has 24 heavy (non-hydrogen) atoms. The average Bonchev–Trinajstić information content (AvgIpc) is 2.96. The van der Waals surface area contributed by atoms with Crippen molar-refractivity contribution in [2.45, 2.75) is 39.3 Å². The topological polar surface area (TPSA) is 64.3 Å². The van der Waals surface area contributed by atoms with Crippen molar-refractivity contribution in [1.82, 2.24) is 0 Å². The van der Waals surface area contributed by atoms with E-state index in [0.29, 0.717) is 18.0 Å². The second-order valence-electron chi connectivity index (χ2n) is 6.53. The summed E-state index contributed by atoms with van der Waals surface area (Å²) in [6.07, 6.45) is 0. The van der Waals surface area contributed by atoms with E-state index in [0.717, 1.165) is 26.2 Å². The SMILES string of the molecule is COC(=O)c1sc(C(C)(C)C)cc1CNc1cccc(Br)c1CN. The Hall–Kier alpha value is -1.37. The molecule has 0 aliphatic rings. The van der Waals surface area contributed by atoms with E-state index < -0.39 is 0 Å². The second kappa shape index (κ2) is 7.68. The fourth-order valence-electron chi connectivity index (χ4n) is 2.32. The number of methoxy groups -OCH3 is 1. The molecule has 0 saturated carbocycles. The molecule has 130 valence electrons. The summed E-state index contributed by atoms with van der Waals surface area (Å²) in [4.78, 5) is 13.9. The predicted octanol–water partition coefficient (Wildman–Crippen LogP) is 4.67. The van der Waals surface area contributed by atoms with Gasteiger partial charge in [0.1, 0.15) is 4.88 Å². The van der Waals surface area contributed by atoms with Gasteiger partial charge in [0, 0.05) is 33.7 Å². The van der Waals surface area contributed by atoms with Crippen LogP contribution in [0.25, 0.3) is 0 Å². The molecule has 0 aliphatic heterocycles. The van der Waals surface area contributed by atoms with Gasteiger partial charge in [-0.1, -0.05) is 42.8 Å². The Morgan fingerprint density at radius 1 is 1.38 bits per heavy atom. The molecule has 0 atom stereocenters. The Balaban J connectivity index is 2.31. The molecule has 0 saturated heterocycles. The van der Waals surface area contributed by atoms with Crippen LogP contribution >= 0.6 is 27.3 Å². The van der Waals surface area contributed by atoms with E-state index >= 15 is 0 Å². The zero-order valence-corrected chi connectivity index (χ0v) is 16.8. The monoisotopic (exact) mass is 410 g/mol. The molecule has 0 bridgehead atoms. The molecule has 0 amide bonds. The summed E-state index contributed by atoms with van der Waals surface area (Å²) in [6.45, 7) is 7.39. The van der Waals surface area contributed by atoms with Crippen LogP contribution in [-0.2, 0) is 23.2 Å². The maximum atomic E-state index is 12.1. The van der Waals surface area contributed by atoms with Crippen molar-refractivity contribution >= 4 is 38.9 Å². The number of anilines is 1. The van der Waals surface area contributed by atoms with E-state index in [-0.39, 0.29) is 11.4 Å². The van der Waals surface area contributed by atoms with Crippen LogP contribution in [0.3, 0.4) is 0 Å². The first-order valence-corrected chi connectivity index (χ1v) is 9.31. The van der Waals surface area contributed by atoms with Gasteiger partial charge in [0.15, 0.2) is 0 Å². The van der Waals surface area contributed by atoms with E-state index in [9.17, 15) is 4.79 Å². The van der Waals surface area contributed by atoms with Crippen molar-refractivity contribution in [3.05, 3.63) is 49.6 Å². The number of hydrogen-bond donors (Lipinski definition) is 2. The highest BCUT2D eigenvalue weighted by Crippen LogP contribution is 2.34. The number of halogens is 1. The predicted molar refractivity (Wildman–Crippen MR) is 104 cm³/mol. The van der Waals surface area contributed by atoms with Crippen molar-refractivity contribution in [3.63, 3.8) is 0 Å². The number of esters is 1. The van der Waals surface area contributed by atoms with Gasteiger partial charge in [-0.3, -0.25) is 0 Å². The van der Waals surface area contributed by atoms with Gasteiger partial charge in [-0.15, -0.1) is 11.3 Å². The number of ether oxygens (including phenoxy) is 1. The number of carbonyl (C=O) groups excluding carboxylic acids is 1. The van der Waals surface area contributed by atoms with Crippen molar-refractivity contribution in [3.8, 4) is 0 Å². The lowest BCUT2D eigenvalue weighted by atomic mass is 9.94. The standard InChI is InChI=1S/C18H23BrN2O2S/c1-18(2,3)15-8-11(16(24-15)17(22)23-4)10-21-14-7-5-6-13(19)12(14)9-20/h5-8,21H,9-10,20H2,1-4H3. The van der Waals surface area contributed by atoms with Gasteiger partial charge < -0.3 is 15.8 Å². The summed E-state index contributed by atoms with van der Waals surface area (Å²) in [5.74, 6) is -0.291.